The summed E-state index contributed by atoms with van der Waals surface area (Å²) >= 11 is 3.39. The van der Waals surface area contributed by atoms with Gasteiger partial charge in [-0.1, -0.05) is 22.0 Å². The van der Waals surface area contributed by atoms with E-state index in [1.807, 2.05) is 19.1 Å². The van der Waals surface area contributed by atoms with Crippen molar-refractivity contribution in [3.05, 3.63) is 33.8 Å². The highest BCUT2D eigenvalue weighted by molar-refractivity contribution is 9.10. The Hall–Kier alpha value is -0.880. The molecule has 18 heavy (non-hydrogen) atoms. The van der Waals surface area contributed by atoms with Crippen LogP contribution in [0.3, 0.4) is 0 Å². The molecule has 1 heterocycles. The number of rotatable bonds is 1. The maximum atomic E-state index is 12.3. The van der Waals surface area contributed by atoms with Crippen LogP contribution in [-0.4, -0.2) is 43.8 Å². The average Bonchev–Trinajstić information content (AvgIpc) is 2.32. The van der Waals surface area contributed by atoms with Crippen molar-refractivity contribution in [1.82, 2.24) is 4.90 Å². The van der Waals surface area contributed by atoms with E-state index in [2.05, 4.69) is 15.9 Å². The molecule has 0 spiro atoms. The van der Waals surface area contributed by atoms with E-state index in [0.717, 1.165) is 10.0 Å². The Bertz CT molecular complexity index is 569. The molecule has 0 N–H and O–H groups in total. The minimum Gasteiger partial charge on any atom is -0.337 e. The second kappa shape index (κ2) is 5.01. The van der Waals surface area contributed by atoms with Crippen LogP contribution in [0.25, 0.3) is 0 Å². The van der Waals surface area contributed by atoms with Gasteiger partial charge in [0.2, 0.25) is 0 Å². The lowest BCUT2D eigenvalue weighted by Gasteiger charge is -2.27. The monoisotopic (exact) mass is 331 g/mol. The predicted molar refractivity (Wildman–Crippen MR) is 73.4 cm³/mol. The molecule has 2 rings (SSSR count). The van der Waals surface area contributed by atoms with E-state index < -0.39 is 9.84 Å². The lowest BCUT2D eigenvalue weighted by atomic mass is 10.1. The highest BCUT2D eigenvalue weighted by Gasteiger charge is 2.26. The number of halogens is 1. The molecule has 0 bridgehead atoms. The Labute approximate surface area is 115 Å². The third-order valence-electron chi connectivity index (χ3n) is 3.13. The van der Waals surface area contributed by atoms with Gasteiger partial charge in [0.15, 0.2) is 9.84 Å². The zero-order chi connectivity index (χ0) is 13.3. The quantitative estimate of drug-likeness (QED) is 0.785. The molecule has 0 unspecified atom stereocenters. The van der Waals surface area contributed by atoms with Crippen molar-refractivity contribution in [1.29, 1.82) is 0 Å². The number of nitrogens with zero attached hydrogens (tertiary/aromatic N) is 1. The van der Waals surface area contributed by atoms with Gasteiger partial charge in [0.1, 0.15) is 0 Å². The van der Waals surface area contributed by atoms with Crippen molar-refractivity contribution >= 4 is 31.7 Å². The molecule has 0 radical (unpaired) electrons. The minimum absolute atomic E-state index is 0.0613. The van der Waals surface area contributed by atoms with Crippen LogP contribution in [0.2, 0.25) is 0 Å². The van der Waals surface area contributed by atoms with Crippen LogP contribution in [0.1, 0.15) is 15.9 Å². The largest absolute Gasteiger partial charge is 0.337 e. The van der Waals surface area contributed by atoms with Gasteiger partial charge in [-0.2, -0.15) is 0 Å². The summed E-state index contributed by atoms with van der Waals surface area (Å²) in [6.07, 6.45) is 0. The highest BCUT2D eigenvalue weighted by atomic mass is 79.9. The van der Waals surface area contributed by atoms with Gasteiger partial charge in [-0.25, -0.2) is 8.42 Å². The third kappa shape index (κ3) is 2.75. The van der Waals surface area contributed by atoms with E-state index in [4.69, 9.17) is 0 Å². The SMILES string of the molecule is Cc1c(Br)cccc1C(=O)N1CCS(=O)(=O)CC1. The maximum absolute atomic E-state index is 12.3. The number of carbonyl (C=O) groups excluding carboxylic acids is 1. The van der Waals surface area contributed by atoms with Gasteiger partial charge in [-0.15, -0.1) is 0 Å². The molecule has 0 atom stereocenters. The zero-order valence-corrected chi connectivity index (χ0v) is 12.4. The van der Waals surface area contributed by atoms with Crippen LogP contribution >= 0.6 is 15.9 Å². The Balaban J connectivity index is 2.20. The van der Waals surface area contributed by atoms with E-state index >= 15 is 0 Å². The summed E-state index contributed by atoms with van der Waals surface area (Å²) in [6, 6.07) is 5.46. The molecule has 1 aliphatic rings. The molecule has 1 saturated heterocycles. The van der Waals surface area contributed by atoms with Crippen LogP contribution < -0.4 is 0 Å². The normalized spacial score (nSPS) is 18.7. The van der Waals surface area contributed by atoms with Gasteiger partial charge >= 0.3 is 0 Å². The van der Waals surface area contributed by atoms with Crippen LogP contribution in [-0.2, 0) is 9.84 Å². The van der Waals surface area contributed by atoms with Crippen molar-refractivity contribution in [3.63, 3.8) is 0 Å². The summed E-state index contributed by atoms with van der Waals surface area (Å²) < 4.78 is 23.5. The molecule has 0 aromatic heterocycles. The van der Waals surface area contributed by atoms with E-state index in [9.17, 15) is 13.2 Å². The van der Waals surface area contributed by atoms with Crippen LogP contribution in [0, 0.1) is 6.92 Å². The maximum Gasteiger partial charge on any atom is 0.254 e. The molecule has 1 fully saturated rings. The van der Waals surface area contributed by atoms with Crippen molar-refractivity contribution < 1.29 is 13.2 Å². The van der Waals surface area contributed by atoms with Crippen molar-refractivity contribution in [2.24, 2.45) is 0 Å². The van der Waals surface area contributed by atoms with Gasteiger partial charge in [-0.05, 0) is 24.6 Å². The molecule has 98 valence electrons. The van der Waals surface area contributed by atoms with Gasteiger partial charge in [0, 0.05) is 23.1 Å². The summed E-state index contributed by atoms with van der Waals surface area (Å²) in [5, 5.41) is 0. The van der Waals surface area contributed by atoms with Gasteiger partial charge in [0.05, 0.1) is 11.5 Å². The highest BCUT2D eigenvalue weighted by Crippen LogP contribution is 2.21. The first kappa shape index (κ1) is 13.5. The summed E-state index contributed by atoms with van der Waals surface area (Å²) in [6.45, 7) is 2.44. The smallest absolute Gasteiger partial charge is 0.254 e. The minimum atomic E-state index is -2.95. The van der Waals surface area contributed by atoms with Crippen LogP contribution in [0.4, 0.5) is 0 Å². The molecule has 0 saturated carbocycles. The standard InChI is InChI=1S/C12H14BrNO3S/c1-9-10(3-2-4-11(9)13)12(15)14-5-7-18(16,17)8-6-14/h2-4H,5-8H2,1H3. The van der Waals surface area contributed by atoms with Crippen molar-refractivity contribution in [2.75, 3.05) is 24.6 Å². The van der Waals surface area contributed by atoms with Gasteiger partial charge in [0.25, 0.3) is 5.91 Å². The molecule has 6 heteroatoms. The third-order valence-corrected chi connectivity index (χ3v) is 5.60. The van der Waals surface area contributed by atoms with Crippen molar-refractivity contribution in [3.8, 4) is 0 Å². The number of sulfone groups is 1. The lowest BCUT2D eigenvalue weighted by molar-refractivity contribution is 0.0769. The second-order valence-corrected chi connectivity index (χ2v) is 7.51. The summed E-state index contributed by atoms with van der Waals surface area (Å²) in [4.78, 5) is 13.9. The molecular formula is C12H14BrNO3S. The predicted octanol–water partition coefficient (Wildman–Crippen LogP) is 1.63. The van der Waals surface area contributed by atoms with Gasteiger partial charge < -0.3 is 4.90 Å². The molecule has 4 nitrogen and oxygen atoms in total. The first-order chi connectivity index (χ1) is 8.41. The number of hydrogen-bond donors (Lipinski definition) is 0. The molecule has 1 aromatic carbocycles. The van der Waals surface area contributed by atoms with E-state index in [-0.39, 0.29) is 30.5 Å². The molecular weight excluding hydrogens is 318 g/mol. The first-order valence-corrected chi connectivity index (χ1v) is 8.27. The van der Waals surface area contributed by atoms with Crippen molar-refractivity contribution in [2.45, 2.75) is 6.92 Å². The average molecular weight is 332 g/mol. The van der Waals surface area contributed by atoms with E-state index in [1.54, 1.807) is 11.0 Å². The molecule has 1 aliphatic heterocycles. The second-order valence-electron chi connectivity index (χ2n) is 4.36. The topological polar surface area (TPSA) is 54.5 Å². The Morgan fingerprint density at radius 1 is 1.28 bits per heavy atom. The van der Waals surface area contributed by atoms with E-state index in [0.29, 0.717) is 5.56 Å². The Morgan fingerprint density at radius 2 is 1.89 bits per heavy atom. The number of carbonyl (C=O) groups is 1. The summed E-state index contributed by atoms with van der Waals surface area (Å²) in [5.41, 5.74) is 1.51. The first-order valence-electron chi connectivity index (χ1n) is 5.65. The number of hydrogen-bond acceptors (Lipinski definition) is 3. The number of benzene rings is 1. The fraction of sp³-hybridized carbons (Fsp3) is 0.417. The fourth-order valence-electron chi connectivity index (χ4n) is 1.93. The van der Waals surface area contributed by atoms with Crippen LogP contribution in [0.15, 0.2) is 22.7 Å². The zero-order valence-electron chi connectivity index (χ0n) is 10.0. The summed E-state index contributed by atoms with van der Waals surface area (Å²) in [7, 11) is -2.95. The Morgan fingerprint density at radius 3 is 2.50 bits per heavy atom. The fourth-order valence-corrected chi connectivity index (χ4v) is 3.49. The number of amides is 1. The lowest BCUT2D eigenvalue weighted by Crippen LogP contribution is -2.43. The Kier molecular flexibility index (Phi) is 3.77. The van der Waals surface area contributed by atoms with E-state index in [1.165, 1.54) is 0 Å². The molecule has 0 aliphatic carbocycles. The van der Waals surface area contributed by atoms with Crippen LogP contribution in [0.5, 0.6) is 0 Å². The molecule has 1 amide bonds. The molecule has 1 aromatic rings. The summed E-state index contributed by atoms with van der Waals surface area (Å²) in [5.74, 6) is 0.0288. The van der Waals surface area contributed by atoms with Gasteiger partial charge in [-0.3, -0.25) is 4.79 Å².